The molecule has 108 valence electrons. The largest absolute Gasteiger partial charge is 0.310 e. The second-order valence-corrected chi connectivity index (χ2v) is 5.56. The summed E-state index contributed by atoms with van der Waals surface area (Å²) in [6.07, 6.45) is 5.08. The van der Waals surface area contributed by atoms with Crippen LogP contribution >= 0.6 is 0 Å². The van der Waals surface area contributed by atoms with Crippen molar-refractivity contribution in [1.82, 2.24) is 20.0 Å². The lowest BCUT2D eigenvalue weighted by Crippen LogP contribution is -2.43. The van der Waals surface area contributed by atoms with Gasteiger partial charge in [0.25, 0.3) is 0 Å². The SMILES string of the molecule is CCc1cc(CNCC2CCCCN2C)n(CC)n1. The van der Waals surface area contributed by atoms with E-state index in [9.17, 15) is 0 Å². The fourth-order valence-electron chi connectivity index (χ4n) is 2.87. The average molecular weight is 264 g/mol. The van der Waals surface area contributed by atoms with E-state index in [4.69, 9.17) is 0 Å². The van der Waals surface area contributed by atoms with Crippen molar-refractivity contribution < 1.29 is 0 Å². The first-order valence-corrected chi connectivity index (χ1v) is 7.71. The standard InChI is InChI=1S/C15H28N4/c1-4-13-10-15(19(5-2)17-13)12-16-11-14-8-6-7-9-18(14)3/h10,14,16H,4-9,11-12H2,1-3H3. The van der Waals surface area contributed by atoms with Crippen molar-refractivity contribution in [3.05, 3.63) is 17.5 Å². The van der Waals surface area contributed by atoms with Crippen molar-refractivity contribution in [3.8, 4) is 0 Å². The minimum atomic E-state index is 0.706. The summed E-state index contributed by atoms with van der Waals surface area (Å²) >= 11 is 0. The quantitative estimate of drug-likeness (QED) is 0.853. The van der Waals surface area contributed by atoms with E-state index in [1.807, 2.05) is 0 Å². The second kappa shape index (κ2) is 7.06. The van der Waals surface area contributed by atoms with Gasteiger partial charge in [0.1, 0.15) is 0 Å². The first-order chi connectivity index (χ1) is 9.24. The molecule has 0 bridgehead atoms. The monoisotopic (exact) mass is 264 g/mol. The summed E-state index contributed by atoms with van der Waals surface area (Å²) in [4.78, 5) is 2.49. The Bertz CT molecular complexity index is 385. The fourth-order valence-corrected chi connectivity index (χ4v) is 2.87. The van der Waals surface area contributed by atoms with Crippen LogP contribution in [0.15, 0.2) is 6.07 Å². The molecule has 1 aliphatic heterocycles. The van der Waals surface area contributed by atoms with Crippen LogP contribution in [0.4, 0.5) is 0 Å². The summed E-state index contributed by atoms with van der Waals surface area (Å²) in [6.45, 7) is 8.55. The highest BCUT2D eigenvalue weighted by atomic mass is 15.3. The molecule has 1 fully saturated rings. The zero-order valence-electron chi connectivity index (χ0n) is 12.7. The highest BCUT2D eigenvalue weighted by molar-refractivity contribution is 5.10. The molecule has 2 heterocycles. The van der Waals surface area contributed by atoms with E-state index in [-0.39, 0.29) is 0 Å². The molecule has 1 aromatic rings. The summed E-state index contributed by atoms with van der Waals surface area (Å²) in [5.41, 5.74) is 2.52. The summed E-state index contributed by atoms with van der Waals surface area (Å²) in [5.74, 6) is 0. The molecule has 0 radical (unpaired) electrons. The number of piperidine rings is 1. The van der Waals surface area contributed by atoms with Gasteiger partial charge >= 0.3 is 0 Å². The topological polar surface area (TPSA) is 33.1 Å². The lowest BCUT2D eigenvalue weighted by molar-refractivity contribution is 0.181. The average Bonchev–Trinajstić information content (AvgIpc) is 2.83. The van der Waals surface area contributed by atoms with Crippen LogP contribution in [-0.4, -0.2) is 40.9 Å². The zero-order chi connectivity index (χ0) is 13.7. The van der Waals surface area contributed by atoms with Crippen molar-refractivity contribution in [2.75, 3.05) is 20.1 Å². The van der Waals surface area contributed by atoms with E-state index in [0.717, 1.165) is 26.1 Å². The molecule has 19 heavy (non-hydrogen) atoms. The molecule has 0 amide bonds. The van der Waals surface area contributed by atoms with Crippen LogP contribution in [-0.2, 0) is 19.5 Å². The van der Waals surface area contributed by atoms with Crippen LogP contribution in [0.2, 0.25) is 0 Å². The van der Waals surface area contributed by atoms with Gasteiger partial charge in [-0.2, -0.15) is 5.10 Å². The Morgan fingerprint density at radius 2 is 2.21 bits per heavy atom. The summed E-state index contributed by atoms with van der Waals surface area (Å²) in [5, 5.41) is 8.21. The predicted octanol–water partition coefficient (Wildman–Crippen LogP) is 2.04. The Balaban J connectivity index is 1.83. The van der Waals surface area contributed by atoms with Gasteiger partial charge in [-0.25, -0.2) is 0 Å². The molecule has 4 heteroatoms. The Hall–Kier alpha value is -0.870. The number of nitrogens with one attached hydrogen (secondary N) is 1. The van der Waals surface area contributed by atoms with E-state index in [1.165, 1.54) is 37.2 Å². The third-order valence-electron chi connectivity index (χ3n) is 4.18. The molecule has 1 saturated heterocycles. The zero-order valence-corrected chi connectivity index (χ0v) is 12.7. The van der Waals surface area contributed by atoms with Crippen LogP contribution in [0.3, 0.4) is 0 Å². The van der Waals surface area contributed by atoms with Crippen molar-refractivity contribution in [1.29, 1.82) is 0 Å². The van der Waals surface area contributed by atoms with Gasteiger partial charge in [-0.1, -0.05) is 13.3 Å². The second-order valence-electron chi connectivity index (χ2n) is 5.56. The van der Waals surface area contributed by atoms with E-state index < -0.39 is 0 Å². The maximum atomic E-state index is 4.59. The Kier molecular flexibility index (Phi) is 5.40. The van der Waals surface area contributed by atoms with Crippen LogP contribution in [0.5, 0.6) is 0 Å². The maximum Gasteiger partial charge on any atom is 0.0625 e. The number of aromatic nitrogens is 2. The fraction of sp³-hybridized carbons (Fsp3) is 0.800. The molecule has 1 unspecified atom stereocenters. The van der Waals surface area contributed by atoms with Gasteiger partial charge in [-0.3, -0.25) is 4.68 Å². The minimum Gasteiger partial charge on any atom is -0.310 e. The van der Waals surface area contributed by atoms with Crippen molar-refractivity contribution >= 4 is 0 Å². The van der Waals surface area contributed by atoms with Crippen molar-refractivity contribution in [3.63, 3.8) is 0 Å². The number of aryl methyl sites for hydroxylation is 2. The number of hydrogen-bond donors (Lipinski definition) is 1. The maximum absolute atomic E-state index is 4.59. The lowest BCUT2D eigenvalue weighted by Gasteiger charge is -2.32. The number of nitrogens with zero attached hydrogens (tertiary/aromatic N) is 3. The molecule has 1 aliphatic rings. The van der Waals surface area contributed by atoms with E-state index >= 15 is 0 Å². The Morgan fingerprint density at radius 3 is 2.89 bits per heavy atom. The first kappa shape index (κ1) is 14.5. The molecular weight excluding hydrogens is 236 g/mol. The highest BCUT2D eigenvalue weighted by Gasteiger charge is 2.18. The number of likely N-dealkylation sites (N-methyl/N-ethyl adjacent to an activating group) is 1. The van der Waals surface area contributed by atoms with Gasteiger partial charge in [0.15, 0.2) is 0 Å². The number of hydrogen-bond acceptors (Lipinski definition) is 3. The number of likely N-dealkylation sites (tertiary alicyclic amines) is 1. The Morgan fingerprint density at radius 1 is 1.37 bits per heavy atom. The third-order valence-corrected chi connectivity index (χ3v) is 4.18. The van der Waals surface area contributed by atoms with Crippen LogP contribution < -0.4 is 5.32 Å². The van der Waals surface area contributed by atoms with Crippen LogP contribution in [0.25, 0.3) is 0 Å². The first-order valence-electron chi connectivity index (χ1n) is 7.71. The molecule has 0 aromatic carbocycles. The molecule has 0 aliphatic carbocycles. The van der Waals surface area contributed by atoms with Gasteiger partial charge in [-0.15, -0.1) is 0 Å². The number of rotatable bonds is 6. The molecule has 0 spiro atoms. The van der Waals surface area contributed by atoms with Gasteiger partial charge in [0.05, 0.1) is 11.4 Å². The molecule has 1 atom stereocenters. The molecular formula is C15H28N4. The van der Waals surface area contributed by atoms with Crippen molar-refractivity contribution in [2.45, 2.75) is 58.7 Å². The van der Waals surface area contributed by atoms with E-state index in [1.54, 1.807) is 0 Å². The molecule has 4 nitrogen and oxygen atoms in total. The normalized spacial score (nSPS) is 20.9. The van der Waals surface area contributed by atoms with E-state index in [2.05, 4.69) is 47.0 Å². The van der Waals surface area contributed by atoms with Crippen molar-refractivity contribution in [2.24, 2.45) is 0 Å². The third kappa shape index (κ3) is 3.80. The molecule has 1 N–H and O–H groups in total. The van der Waals surface area contributed by atoms with Gasteiger partial charge in [-0.05, 0) is 45.8 Å². The molecule has 1 aromatic heterocycles. The van der Waals surface area contributed by atoms with Gasteiger partial charge in [0, 0.05) is 25.7 Å². The lowest BCUT2D eigenvalue weighted by atomic mass is 10.0. The summed E-state index contributed by atoms with van der Waals surface area (Å²) in [6, 6.07) is 2.94. The molecule has 0 saturated carbocycles. The Labute approximate surface area is 117 Å². The van der Waals surface area contributed by atoms with E-state index in [0.29, 0.717) is 6.04 Å². The molecule has 2 rings (SSSR count). The van der Waals surface area contributed by atoms with Gasteiger partial charge in [0.2, 0.25) is 0 Å². The summed E-state index contributed by atoms with van der Waals surface area (Å²) in [7, 11) is 2.25. The smallest absolute Gasteiger partial charge is 0.0625 e. The van der Waals surface area contributed by atoms with Crippen LogP contribution in [0, 0.1) is 0 Å². The van der Waals surface area contributed by atoms with Gasteiger partial charge < -0.3 is 10.2 Å². The predicted molar refractivity (Wildman–Crippen MR) is 79.3 cm³/mol. The minimum absolute atomic E-state index is 0.706. The van der Waals surface area contributed by atoms with Crippen LogP contribution in [0.1, 0.15) is 44.5 Å². The summed E-state index contributed by atoms with van der Waals surface area (Å²) < 4.78 is 2.12. The highest BCUT2D eigenvalue weighted by Crippen LogP contribution is 2.14.